The van der Waals surface area contributed by atoms with Crippen LogP contribution in [-0.2, 0) is 22.2 Å². The largest absolute Gasteiger partial charge is 0.416 e. The predicted molar refractivity (Wildman–Crippen MR) is 108 cm³/mol. The van der Waals surface area contributed by atoms with Crippen LogP contribution < -0.4 is 16.0 Å². The van der Waals surface area contributed by atoms with Crippen LogP contribution in [-0.4, -0.2) is 30.8 Å². The molecule has 0 radical (unpaired) electrons. The van der Waals surface area contributed by atoms with Gasteiger partial charge < -0.3 is 16.0 Å². The zero-order valence-corrected chi connectivity index (χ0v) is 16.6. The summed E-state index contributed by atoms with van der Waals surface area (Å²) < 4.78 is 37.7. The highest BCUT2D eigenvalue weighted by atomic mass is 19.4. The summed E-state index contributed by atoms with van der Waals surface area (Å²) in [6.45, 7) is 0.299. The molecule has 3 amide bonds. The van der Waals surface area contributed by atoms with Gasteiger partial charge in [0.25, 0.3) is 5.91 Å². The van der Waals surface area contributed by atoms with E-state index in [9.17, 15) is 27.6 Å². The molecule has 0 saturated heterocycles. The van der Waals surface area contributed by atoms with Gasteiger partial charge in [0.1, 0.15) is 0 Å². The lowest BCUT2D eigenvalue weighted by Crippen LogP contribution is -2.35. The fourth-order valence-electron chi connectivity index (χ4n) is 3.33. The van der Waals surface area contributed by atoms with Crippen molar-refractivity contribution in [1.29, 1.82) is 0 Å². The second-order valence-electron chi connectivity index (χ2n) is 7.27. The minimum atomic E-state index is -4.46. The van der Waals surface area contributed by atoms with Crippen molar-refractivity contribution in [1.82, 2.24) is 10.6 Å². The van der Waals surface area contributed by atoms with E-state index < -0.39 is 17.6 Å². The molecule has 2 aromatic rings. The van der Waals surface area contributed by atoms with E-state index in [-0.39, 0.29) is 42.8 Å². The van der Waals surface area contributed by atoms with Crippen LogP contribution in [0.1, 0.15) is 34.3 Å². The first-order chi connectivity index (χ1) is 14.7. The van der Waals surface area contributed by atoms with Crippen LogP contribution in [0.3, 0.4) is 0 Å². The Morgan fingerprint density at radius 1 is 1.00 bits per heavy atom. The third kappa shape index (κ3) is 6.07. The van der Waals surface area contributed by atoms with E-state index in [1.54, 1.807) is 0 Å². The maximum absolute atomic E-state index is 12.6. The number of nitrogens with one attached hydrogen (secondary N) is 3. The van der Waals surface area contributed by atoms with E-state index in [2.05, 4.69) is 16.0 Å². The molecule has 9 heteroatoms. The number of alkyl halides is 3. The first-order valence-corrected chi connectivity index (χ1v) is 9.85. The average molecular weight is 433 g/mol. The van der Waals surface area contributed by atoms with Gasteiger partial charge in [-0.2, -0.15) is 13.2 Å². The Morgan fingerprint density at radius 2 is 1.68 bits per heavy atom. The summed E-state index contributed by atoms with van der Waals surface area (Å²) >= 11 is 0. The molecule has 31 heavy (non-hydrogen) atoms. The number of amides is 3. The number of carbonyl (C=O) groups is 3. The third-order valence-electron chi connectivity index (χ3n) is 5.04. The summed E-state index contributed by atoms with van der Waals surface area (Å²) in [6, 6.07) is 11.4. The van der Waals surface area contributed by atoms with Crippen molar-refractivity contribution in [3.05, 3.63) is 65.2 Å². The molecule has 2 aromatic carbocycles. The van der Waals surface area contributed by atoms with Gasteiger partial charge in [0.2, 0.25) is 11.8 Å². The molecule has 0 bridgehead atoms. The maximum atomic E-state index is 12.6. The van der Waals surface area contributed by atoms with E-state index in [1.807, 2.05) is 24.3 Å². The molecule has 3 rings (SSSR count). The molecule has 3 N–H and O–H groups in total. The number of rotatable bonds is 7. The lowest BCUT2D eigenvalue weighted by Gasteiger charge is -2.24. The molecule has 0 aliphatic carbocycles. The Labute approximate surface area is 177 Å². The summed E-state index contributed by atoms with van der Waals surface area (Å²) in [6.07, 6.45) is -3.30. The van der Waals surface area contributed by atoms with Crippen molar-refractivity contribution in [3.63, 3.8) is 0 Å². The molecule has 0 saturated carbocycles. The number of hydrogen-bond donors (Lipinski definition) is 3. The van der Waals surface area contributed by atoms with Crippen molar-refractivity contribution >= 4 is 23.4 Å². The van der Waals surface area contributed by atoms with Crippen LogP contribution >= 0.6 is 0 Å². The summed E-state index contributed by atoms with van der Waals surface area (Å²) in [5.74, 6) is -1.15. The summed E-state index contributed by atoms with van der Waals surface area (Å²) in [4.78, 5) is 36.2. The molecule has 0 aromatic heterocycles. The fraction of sp³-hybridized carbons (Fsp3) is 0.318. The van der Waals surface area contributed by atoms with E-state index in [1.165, 1.54) is 0 Å². The maximum Gasteiger partial charge on any atom is 0.416 e. The number of benzene rings is 2. The molecule has 0 spiro atoms. The molecule has 6 nitrogen and oxygen atoms in total. The summed E-state index contributed by atoms with van der Waals surface area (Å²) in [7, 11) is 0. The van der Waals surface area contributed by atoms with Crippen molar-refractivity contribution in [2.45, 2.75) is 25.4 Å². The molecule has 1 atom stereocenters. The van der Waals surface area contributed by atoms with Gasteiger partial charge in [-0.1, -0.05) is 18.2 Å². The highest BCUT2D eigenvalue weighted by Crippen LogP contribution is 2.29. The Balaban J connectivity index is 1.36. The second kappa shape index (κ2) is 9.63. The van der Waals surface area contributed by atoms with Crippen molar-refractivity contribution in [3.8, 4) is 0 Å². The SMILES string of the molecule is O=C(CC[C@@H]1Cc2ccccc2NC1=O)NCCNC(=O)c1ccc(C(F)(F)F)cc1. The lowest BCUT2D eigenvalue weighted by molar-refractivity contribution is -0.137. The van der Waals surface area contributed by atoms with Crippen LogP contribution in [0, 0.1) is 5.92 Å². The van der Waals surface area contributed by atoms with Gasteiger partial charge in [-0.3, -0.25) is 14.4 Å². The molecule has 164 valence electrons. The summed E-state index contributed by atoms with van der Waals surface area (Å²) in [5, 5.41) is 8.04. The monoisotopic (exact) mass is 433 g/mol. The van der Waals surface area contributed by atoms with E-state index in [0.717, 1.165) is 35.5 Å². The van der Waals surface area contributed by atoms with E-state index in [4.69, 9.17) is 0 Å². The molecular weight excluding hydrogens is 411 g/mol. The van der Waals surface area contributed by atoms with Gasteiger partial charge in [0, 0.05) is 36.7 Å². The number of fused-ring (bicyclic) bond motifs is 1. The highest BCUT2D eigenvalue weighted by molar-refractivity contribution is 5.96. The van der Waals surface area contributed by atoms with Crippen LogP contribution in [0.4, 0.5) is 18.9 Å². The van der Waals surface area contributed by atoms with Gasteiger partial charge in [-0.15, -0.1) is 0 Å². The molecular formula is C22H22F3N3O3. The Morgan fingerprint density at radius 3 is 2.39 bits per heavy atom. The second-order valence-corrected chi connectivity index (χ2v) is 7.27. The summed E-state index contributed by atoms with van der Waals surface area (Å²) in [5.41, 5.74) is 1.12. The van der Waals surface area contributed by atoms with Gasteiger partial charge in [-0.25, -0.2) is 0 Å². The third-order valence-corrected chi connectivity index (χ3v) is 5.04. The zero-order valence-electron chi connectivity index (χ0n) is 16.6. The van der Waals surface area contributed by atoms with Gasteiger partial charge in [0.05, 0.1) is 5.56 Å². The zero-order chi connectivity index (χ0) is 22.4. The number of hydrogen-bond acceptors (Lipinski definition) is 3. The van der Waals surface area contributed by atoms with E-state index >= 15 is 0 Å². The minimum absolute atomic E-state index is 0.0999. The Hall–Kier alpha value is -3.36. The van der Waals surface area contributed by atoms with Crippen molar-refractivity contribution in [2.24, 2.45) is 5.92 Å². The Kier molecular flexibility index (Phi) is 6.94. The quantitative estimate of drug-likeness (QED) is 0.587. The normalized spacial score (nSPS) is 15.6. The average Bonchev–Trinajstić information content (AvgIpc) is 2.74. The minimum Gasteiger partial charge on any atom is -0.354 e. The number of halogens is 3. The number of para-hydroxylation sites is 1. The van der Waals surface area contributed by atoms with Gasteiger partial charge in [-0.05, 0) is 48.7 Å². The van der Waals surface area contributed by atoms with Crippen molar-refractivity contribution in [2.75, 3.05) is 18.4 Å². The highest BCUT2D eigenvalue weighted by Gasteiger charge is 2.30. The molecule has 1 heterocycles. The number of carbonyl (C=O) groups excluding carboxylic acids is 3. The van der Waals surface area contributed by atoms with E-state index in [0.29, 0.717) is 12.8 Å². The first kappa shape index (κ1) is 22.3. The van der Waals surface area contributed by atoms with Gasteiger partial charge >= 0.3 is 6.18 Å². The van der Waals surface area contributed by atoms with Gasteiger partial charge in [0.15, 0.2) is 0 Å². The van der Waals surface area contributed by atoms with Crippen molar-refractivity contribution < 1.29 is 27.6 Å². The molecule has 0 fully saturated rings. The Bertz CT molecular complexity index is 958. The fourth-order valence-corrected chi connectivity index (χ4v) is 3.33. The lowest BCUT2D eigenvalue weighted by atomic mass is 9.89. The van der Waals surface area contributed by atoms with Crippen LogP contribution in [0.5, 0.6) is 0 Å². The molecule has 1 aliphatic rings. The molecule has 0 unspecified atom stereocenters. The molecule has 1 aliphatic heterocycles. The van der Waals surface area contributed by atoms with Crippen LogP contribution in [0.25, 0.3) is 0 Å². The van der Waals surface area contributed by atoms with Crippen LogP contribution in [0.15, 0.2) is 48.5 Å². The van der Waals surface area contributed by atoms with Crippen LogP contribution in [0.2, 0.25) is 0 Å². The topological polar surface area (TPSA) is 87.3 Å². The predicted octanol–water partition coefficient (Wildman–Crippen LogP) is 3.14. The number of anilines is 1. The standard InChI is InChI=1S/C22H22F3N3O3/c23-22(24,25)17-8-5-14(6-9-17)20(30)27-12-11-26-19(29)10-7-16-13-15-3-1-2-4-18(15)28-21(16)31/h1-6,8-9,16H,7,10-13H2,(H,26,29)(H,27,30)(H,28,31)/t16-/m1/s1. The smallest absolute Gasteiger partial charge is 0.354 e. The first-order valence-electron chi connectivity index (χ1n) is 9.85.